The largest absolute Gasteiger partial charge is 0.379 e. The fourth-order valence-corrected chi connectivity index (χ4v) is 3.79. The van der Waals surface area contributed by atoms with Crippen LogP contribution in [-0.2, 0) is 25.9 Å². The summed E-state index contributed by atoms with van der Waals surface area (Å²) in [6.45, 7) is 3.93. The number of aromatic nitrogens is 4. The third-order valence-electron chi connectivity index (χ3n) is 4.38. The highest BCUT2D eigenvalue weighted by molar-refractivity contribution is 7.09. The Labute approximate surface area is 145 Å². The van der Waals surface area contributed by atoms with Gasteiger partial charge in [-0.3, -0.25) is 0 Å². The Morgan fingerprint density at radius 3 is 2.83 bits per heavy atom. The number of hydrogen-bond acceptors (Lipinski definition) is 5. The Kier molecular flexibility index (Phi) is 4.30. The molecule has 2 aromatic heterocycles. The molecule has 0 fully saturated rings. The first-order chi connectivity index (χ1) is 11.8. The van der Waals surface area contributed by atoms with Crippen LogP contribution in [0.4, 0.5) is 5.69 Å². The number of rotatable bonds is 5. The van der Waals surface area contributed by atoms with E-state index < -0.39 is 0 Å². The van der Waals surface area contributed by atoms with Gasteiger partial charge < -0.3 is 9.88 Å². The summed E-state index contributed by atoms with van der Waals surface area (Å²) in [5.74, 6) is 2.11. The van der Waals surface area contributed by atoms with E-state index in [1.807, 2.05) is 0 Å². The Balaban J connectivity index is 1.45. The van der Waals surface area contributed by atoms with Crippen molar-refractivity contribution in [2.75, 3.05) is 5.32 Å². The molecule has 0 radical (unpaired) electrons. The van der Waals surface area contributed by atoms with Gasteiger partial charge in [0.05, 0.1) is 17.2 Å². The maximum absolute atomic E-state index is 4.58. The fraction of sp³-hybridized carbons (Fsp3) is 0.389. The van der Waals surface area contributed by atoms with Crippen molar-refractivity contribution in [3.63, 3.8) is 0 Å². The van der Waals surface area contributed by atoms with Crippen molar-refractivity contribution in [3.05, 3.63) is 46.2 Å². The zero-order valence-electron chi connectivity index (χ0n) is 13.8. The van der Waals surface area contributed by atoms with Crippen LogP contribution in [0.5, 0.6) is 0 Å². The zero-order chi connectivity index (χ0) is 16.4. The Hall–Kier alpha value is -2.21. The van der Waals surface area contributed by atoms with E-state index >= 15 is 0 Å². The average molecular weight is 339 g/mol. The maximum Gasteiger partial charge on any atom is 0.163 e. The molecule has 1 aliphatic rings. The lowest BCUT2D eigenvalue weighted by molar-refractivity contribution is 0.526. The normalized spacial score (nSPS) is 13.7. The molecule has 0 spiro atoms. The van der Waals surface area contributed by atoms with Crippen molar-refractivity contribution in [3.8, 4) is 11.4 Å². The summed E-state index contributed by atoms with van der Waals surface area (Å²) in [4.78, 5) is 4.58. The second kappa shape index (κ2) is 6.73. The minimum absolute atomic E-state index is 0.760. The Bertz CT molecular complexity index is 818. The summed E-state index contributed by atoms with van der Waals surface area (Å²) in [6, 6.07) is 8.44. The molecule has 124 valence electrons. The van der Waals surface area contributed by atoms with Crippen LogP contribution in [0.1, 0.15) is 36.3 Å². The number of thiazole rings is 1. The molecule has 0 saturated carbocycles. The van der Waals surface area contributed by atoms with Gasteiger partial charge in [0.15, 0.2) is 5.82 Å². The van der Waals surface area contributed by atoms with Gasteiger partial charge in [-0.1, -0.05) is 6.92 Å². The van der Waals surface area contributed by atoms with Crippen molar-refractivity contribution < 1.29 is 0 Å². The van der Waals surface area contributed by atoms with E-state index in [-0.39, 0.29) is 0 Å². The van der Waals surface area contributed by atoms with E-state index in [0.717, 1.165) is 54.5 Å². The second-order valence-corrected chi connectivity index (χ2v) is 7.01. The lowest BCUT2D eigenvalue weighted by Gasteiger charge is -2.14. The lowest BCUT2D eigenvalue weighted by atomic mass is 10.1. The highest BCUT2D eigenvalue weighted by atomic mass is 32.1. The molecule has 0 unspecified atom stereocenters. The number of hydrogen-bond donors (Lipinski definition) is 1. The van der Waals surface area contributed by atoms with Crippen LogP contribution in [0.25, 0.3) is 11.4 Å². The molecule has 0 aliphatic carbocycles. The van der Waals surface area contributed by atoms with Gasteiger partial charge in [0.1, 0.15) is 5.82 Å². The van der Waals surface area contributed by atoms with Crippen LogP contribution in [0.2, 0.25) is 0 Å². The topological polar surface area (TPSA) is 55.6 Å². The summed E-state index contributed by atoms with van der Waals surface area (Å²) >= 11 is 1.73. The predicted molar refractivity (Wildman–Crippen MR) is 97.2 cm³/mol. The van der Waals surface area contributed by atoms with Crippen LogP contribution in [0.3, 0.4) is 0 Å². The number of anilines is 1. The number of benzene rings is 1. The zero-order valence-corrected chi connectivity index (χ0v) is 14.6. The molecule has 0 saturated heterocycles. The summed E-state index contributed by atoms with van der Waals surface area (Å²) in [6.07, 6.45) is 4.48. The highest BCUT2D eigenvalue weighted by Gasteiger charge is 2.16. The SMILES string of the molecule is CCc1nc(CNc2ccc(-c3nnc4n3CCCC4)cc2)cs1. The Morgan fingerprint density at radius 1 is 1.17 bits per heavy atom. The average Bonchev–Trinajstić information content (AvgIpc) is 3.27. The molecule has 6 heteroatoms. The number of aryl methyl sites for hydroxylation is 2. The smallest absolute Gasteiger partial charge is 0.163 e. The van der Waals surface area contributed by atoms with Gasteiger partial charge in [0.25, 0.3) is 0 Å². The molecule has 0 bridgehead atoms. The van der Waals surface area contributed by atoms with Crippen molar-refractivity contribution >= 4 is 17.0 Å². The minimum atomic E-state index is 0.760. The van der Waals surface area contributed by atoms with Gasteiger partial charge >= 0.3 is 0 Å². The first-order valence-electron chi connectivity index (χ1n) is 8.53. The number of nitrogens with one attached hydrogen (secondary N) is 1. The van der Waals surface area contributed by atoms with Crippen LogP contribution in [-0.4, -0.2) is 19.7 Å². The summed E-state index contributed by atoms with van der Waals surface area (Å²) in [7, 11) is 0. The lowest BCUT2D eigenvalue weighted by Crippen LogP contribution is -2.11. The highest BCUT2D eigenvalue weighted by Crippen LogP contribution is 2.24. The summed E-state index contributed by atoms with van der Waals surface area (Å²) in [5, 5.41) is 15.5. The second-order valence-electron chi connectivity index (χ2n) is 6.07. The fourth-order valence-electron chi connectivity index (χ4n) is 3.04. The van der Waals surface area contributed by atoms with Gasteiger partial charge in [-0.2, -0.15) is 0 Å². The van der Waals surface area contributed by atoms with E-state index in [1.54, 1.807) is 11.3 Å². The summed E-state index contributed by atoms with van der Waals surface area (Å²) < 4.78 is 2.26. The minimum Gasteiger partial charge on any atom is -0.379 e. The van der Waals surface area contributed by atoms with E-state index in [1.165, 1.54) is 17.8 Å². The molecular formula is C18H21N5S. The third-order valence-corrected chi connectivity index (χ3v) is 5.42. The standard InChI is InChI=1S/C18H21N5S/c1-2-17-20-15(12-24-17)11-19-14-8-6-13(7-9-14)18-22-21-16-5-3-4-10-23(16)18/h6-9,12,19H,2-5,10-11H2,1H3. The molecular weight excluding hydrogens is 318 g/mol. The van der Waals surface area contributed by atoms with Crippen molar-refractivity contribution in [1.29, 1.82) is 0 Å². The summed E-state index contributed by atoms with van der Waals surface area (Å²) in [5.41, 5.74) is 3.33. The van der Waals surface area contributed by atoms with E-state index in [4.69, 9.17) is 0 Å². The number of nitrogens with zero attached hydrogens (tertiary/aromatic N) is 4. The molecule has 1 aliphatic heterocycles. The van der Waals surface area contributed by atoms with Gasteiger partial charge in [-0.25, -0.2) is 4.98 Å². The molecule has 0 atom stereocenters. The van der Waals surface area contributed by atoms with E-state index in [9.17, 15) is 0 Å². The van der Waals surface area contributed by atoms with Crippen LogP contribution in [0.15, 0.2) is 29.6 Å². The molecule has 4 rings (SSSR count). The van der Waals surface area contributed by atoms with Crippen LogP contribution >= 0.6 is 11.3 Å². The van der Waals surface area contributed by atoms with E-state index in [0.29, 0.717) is 0 Å². The molecule has 24 heavy (non-hydrogen) atoms. The molecule has 3 aromatic rings. The monoisotopic (exact) mass is 339 g/mol. The predicted octanol–water partition coefficient (Wildman–Crippen LogP) is 3.91. The van der Waals surface area contributed by atoms with Crippen molar-refractivity contribution in [2.45, 2.75) is 45.7 Å². The van der Waals surface area contributed by atoms with Gasteiger partial charge in [-0.15, -0.1) is 21.5 Å². The molecule has 3 heterocycles. The van der Waals surface area contributed by atoms with Crippen molar-refractivity contribution in [1.82, 2.24) is 19.7 Å². The van der Waals surface area contributed by atoms with E-state index in [2.05, 4.69) is 61.6 Å². The Morgan fingerprint density at radius 2 is 2.04 bits per heavy atom. The van der Waals surface area contributed by atoms with Gasteiger partial charge in [0.2, 0.25) is 0 Å². The van der Waals surface area contributed by atoms with Crippen molar-refractivity contribution in [2.24, 2.45) is 0 Å². The quantitative estimate of drug-likeness (QED) is 0.766. The molecule has 0 amide bonds. The first kappa shape index (κ1) is 15.3. The number of fused-ring (bicyclic) bond motifs is 1. The molecule has 5 nitrogen and oxygen atoms in total. The third kappa shape index (κ3) is 3.06. The van der Waals surface area contributed by atoms with Gasteiger partial charge in [0, 0.05) is 29.6 Å². The van der Waals surface area contributed by atoms with Crippen LogP contribution in [0, 0.1) is 0 Å². The molecule has 1 aromatic carbocycles. The van der Waals surface area contributed by atoms with Gasteiger partial charge in [-0.05, 0) is 43.5 Å². The van der Waals surface area contributed by atoms with Crippen LogP contribution < -0.4 is 5.32 Å². The molecule has 1 N–H and O–H groups in total. The maximum atomic E-state index is 4.58. The first-order valence-corrected chi connectivity index (χ1v) is 9.41.